The Balaban J connectivity index is 2.20. The van der Waals surface area contributed by atoms with E-state index >= 15 is 0 Å². The number of sulfone groups is 1. The highest BCUT2D eigenvalue weighted by Gasteiger charge is 2.47. The fourth-order valence-corrected chi connectivity index (χ4v) is 4.30. The second-order valence-electron chi connectivity index (χ2n) is 7.76. The second kappa shape index (κ2) is 7.16. The van der Waals surface area contributed by atoms with Crippen LogP contribution in [0.25, 0.3) is 0 Å². The zero-order valence-electron chi connectivity index (χ0n) is 17.1. The van der Waals surface area contributed by atoms with Gasteiger partial charge in [-0.1, -0.05) is 36.4 Å². The standard InChI is InChI=1S/C21H23F2N3O3S/c1-20(15-6-5-7-16(12-15)30(4,28)29)17(18(27)26(3)19(24)25-20)13-8-10-14(11-9-13)21(2,22)23/h5-12,17H,1-4H3,(H2,24,25)/t17-,20+/m0/s1. The monoisotopic (exact) mass is 435 g/mol. The summed E-state index contributed by atoms with van der Waals surface area (Å²) >= 11 is 0. The molecule has 1 heterocycles. The maximum atomic E-state index is 13.6. The molecule has 2 N–H and O–H groups in total. The lowest BCUT2D eigenvalue weighted by Crippen LogP contribution is -2.52. The Labute approximate surface area is 174 Å². The van der Waals surface area contributed by atoms with Gasteiger partial charge in [-0.3, -0.25) is 9.69 Å². The van der Waals surface area contributed by atoms with Gasteiger partial charge in [-0.05, 0) is 30.2 Å². The third-order valence-electron chi connectivity index (χ3n) is 5.43. The highest BCUT2D eigenvalue weighted by Crippen LogP contribution is 2.44. The molecule has 6 nitrogen and oxygen atoms in total. The SMILES string of the molecule is CN1C(=O)[C@H](c2ccc(C(C)(F)F)cc2)[C@@](C)(c2cccc(S(C)(=O)=O)c2)N=C1N. The molecule has 0 aliphatic carbocycles. The van der Waals surface area contributed by atoms with Crippen molar-refractivity contribution in [3.05, 3.63) is 65.2 Å². The molecule has 1 amide bonds. The van der Waals surface area contributed by atoms with Crippen molar-refractivity contribution in [1.82, 2.24) is 4.90 Å². The van der Waals surface area contributed by atoms with Gasteiger partial charge < -0.3 is 5.73 Å². The molecule has 160 valence electrons. The summed E-state index contributed by atoms with van der Waals surface area (Å²) in [5.41, 5.74) is 5.51. The van der Waals surface area contributed by atoms with Gasteiger partial charge in [-0.25, -0.2) is 22.2 Å². The highest BCUT2D eigenvalue weighted by molar-refractivity contribution is 7.90. The van der Waals surface area contributed by atoms with Crippen molar-refractivity contribution in [2.24, 2.45) is 10.7 Å². The minimum Gasteiger partial charge on any atom is -0.369 e. The number of amides is 1. The first-order valence-corrected chi connectivity index (χ1v) is 11.1. The summed E-state index contributed by atoms with van der Waals surface area (Å²) < 4.78 is 51.3. The normalized spacial score (nSPS) is 22.7. The number of halogens is 2. The van der Waals surface area contributed by atoms with Crippen LogP contribution in [0.4, 0.5) is 8.78 Å². The average molecular weight is 435 g/mol. The summed E-state index contributed by atoms with van der Waals surface area (Å²) in [4.78, 5) is 19.0. The van der Waals surface area contributed by atoms with Crippen molar-refractivity contribution in [3.8, 4) is 0 Å². The Morgan fingerprint density at radius 3 is 2.30 bits per heavy atom. The third-order valence-corrected chi connectivity index (χ3v) is 6.54. The Hall–Kier alpha value is -2.81. The number of nitrogens with two attached hydrogens (primary N) is 1. The summed E-state index contributed by atoms with van der Waals surface area (Å²) in [6, 6.07) is 11.7. The summed E-state index contributed by atoms with van der Waals surface area (Å²) in [5.74, 6) is -4.28. The van der Waals surface area contributed by atoms with Gasteiger partial charge in [0, 0.05) is 25.8 Å². The number of aliphatic imine (C=N–C) groups is 1. The molecule has 0 saturated carbocycles. The van der Waals surface area contributed by atoms with Crippen molar-refractivity contribution >= 4 is 21.7 Å². The molecule has 0 fully saturated rings. The van der Waals surface area contributed by atoms with Gasteiger partial charge in [0.05, 0.1) is 10.8 Å². The number of carbonyl (C=O) groups excluding carboxylic acids is 1. The van der Waals surface area contributed by atoms with Crippen LogP contribution in [-0.2, 0) is 26.1 Å². The largest absolute Gasteiger partial charge is 0.369 e. The van der Waals surface area contributed by atoms with Crippen LogP contribution in [0.3, 0.4) is 0 Å². The van der Waals surface area contributed by atoms with Crippen LogP contribution in [0.2, 0.25) is 0 Å². The number of likely N-dealkylation sites (N-methyl/N-ethyl adjacent to an activating group) is 1. The molecule has 9 heteroatoms. The molecule has 0 bridgehead atoms. The molecule has 0 saturated heterocycles. The van der Waals surface area contributed by atoms with Gasteiger partial charge in [0.25, 0.3) is 5.92 Å². The average Bonchev–Trinajstić information content (AvgIpc) is 2.65. The van der Waals surface area contributed by atoms with E-state index in [9.17, 15) is 22.0 Å². The molecule has 0 aromatic heterocycles. The number of alkyl halides is 2. The minimum absolute atomic E-state index is 0.0137. The summed E-state index contributed by atoms with van der Waals surface area (Å²) in [7, 11) is -2.01. The fourth-order valence-electron chi connectivity index (χ4n) is 3.63. The van der Waals surface area contributed by atoms with Crippen LogP contribution in [0.15, 0.2) is 58.4 Å². The van der Waals surface area contributed by atoms with Crippen molar-refractivity contribution in [2.45, 2.75) is 36.1 Å². The van der Waals surface area contributed by atoms with Crippen molar-refractivity contribution < 1.29 is 22.0 Å². The van der Waals surface area contributed by atoms with Crippen LogP contribution in [0, 0.1) is 0 Å². The van der Waals surface area contributed by atoms with Gasteiger partial charge in [0.2, 0.25) is 5.91 Å². The molecule has 1 aliphatic rings. The molecule has 3 rings (SSSR count). The van der Waals surface area contributed by atoms with Crippen molar-refractivity contribution in [2.75, 3.05) is 13.3 Å². The van der Waals surface area contributed by atoms with Gasteiger partial charge in [-0.15, -0.1) is 0 Å². The number of nitrogens with zero attached hydrogens (tertiary/aromatic N) is 2. The molecule has 2 aromatic rings. The minimum atomic E-state index is -3.49. The van der Waals surface area contributed by atoms with E-state index in [2.05, 4.69) is 4.99 Å². The first kappa shape index (κ1) is 21.9. The predicted molar refractivity (Wildman–Crippen MR) is 110 cm³/mol. The van der Waals surface area contributed by atoms with E-state index in [4.69, 9.17) is 5.73 Å². The van der Waals surface area contributed by atoms with E-state index < -0.39 is 27.2 Å². The fraction of sp³-hybridized carbons (Fsp3) is 0.333. The van der Waals surface area contributed by atoms with Gasteiger partial charge in [0.1, 0.15) is 5.54 Å². The first-order chi connectivity index (χ1) is 13.7. The van der Waals surface area contributed by atoms with Crippen LogP contribution < -0.4 is 5.73 Å². The lowest BCUT2D eigenvalue weighted by Gasteiger charge is -2.41. The van der Waals surface area contributed by atoms with Crippen molar-refractivity contribution in [3.63, 3.8) is 0 Å². The maximum absolute atomic E-state index is 13.6. The van der Waals surface area contributed by atoms with Crippen LogP contribution >= 0.6 is 0 Å². The zero-order chi connectivity index (χ0) is 22.5. The van der Waals surface area contributed by atoms with Crippen LogP contribution in [0.1, 0.15) is 36.5 Å². The Kier molecular flexibility index (Phi) is 5.22. The first-order valence-electron chi connectivity index (χ1n) is 9.17. The van der Waals surface area contributed by atoms with Crippen LogP contribution in [0.5, 0.6) is 0 Å². The van der Waals surface area contributed by atoms with Gasteiger partial charge in [-0.2, -0.15) is 0 Å². The number of rotatable bonds is 4. The Morgan fingerprint density at radius 2 is 1.77 bits per heavy atom. The van der Waals surface area contributed by atoms with E-state index in [1.54, 1.807) is 19.1 Å². The van der Waals surface area contributed by atoms with E-state index in [0.29, 0.717) is 11.1 Å². The van der Waals surface area contributed by atoms with E-state index in [1.165, 1.54) is 48.3 Å². The summed E-state index contributed by atoms with van der Waals surface area (Å²) in [6.45, 7) is 2.48. The smallest absolute Gasteiger partial charge is 0.270 e. The molecule has 1 aliphatic heterocycles. The lowest BCUT2D eigenvalue weighted by atomic mass is 9.74. The van der Waals surface area contributed by atoms with E-state index in [-0.39, 0.29) is 22.3 Å². The Morgan fingerprint density at radius 1 is 1.17 bits per heavy atom. The second-order valence-corrected chi connectivity index (χ2v) is 9.77. The molecular weight excluding hydrogens is 412 g/mol. The molecule has 2 atom stereocenters. The molecule has 2 aromatic carbocycles. The topological polar surface area (TPSA) is 92.8 Å². The number of benzene rings is 2. The summed E-state index contributed by atoms with van der Waals surface area (Å²) in [6.07, 6.45) is 1.09. The lowest BCUT2D eigenvalue weighted by molar-refractivity contribution is -0.130. The number of hydrogen-bond donors (Lipinski definition) is 1. The zero-order valence-corrected chi connectivity index (χ0v) is 17.9. The molecule has 0 unspecified atom stereocenters. The highest BCUT2D eigenvalue weighted by atomic mass is 32.2. The number of carbonyl (C=O) groups is 1. The number of guanidine groups is 1. The molecular formula is C21H23F2N3O3S. The molecule has 0 spiro atoms. The van der Waals surface area contributed by atoms with Gasteiger partial charge >= 0.3 is 0 Å². The Bertz CT molecular complexity index is 1120. The van der Waals surface area contributed by atoms with Crippen LogP contribution in [-0.4, -0.2) is 38.5 Å². The number of hydrogen-bond acceptors (Lipinski definition) is 5. The maximum Gasteiger partial charge on any atom is 0.270 e. The molecule has 30 heavy (non-hydrogen) atoms. The van der Waals surface area contributed by atoms with Crippen molar-refractivity contribution in [1.29, 1.82) is 0 Å². The third kappa shape index (κ3) is 3.81. The quantitative estimate of drug-likeness (QED) is 0.799. The van der Waals surface area contributed by atoms with E-state index in [1.807, 2.05) is 0 Å². The molecule has 0 radical (unpaired) electrons. The van der Waals surface area contributed by atoms with E-state index in [0.717, 1.165) is 13.2 Å². The predicted octanol–water partition coefficient (Wildman–Crippen LogP) is 2.99. The van der Waals surface area contributed by atoms with Gasteiger partial charge in [0.15, 0.2) is 15.8 Å². The summed E-state index contributed by atoms with van der Waals surface area (Å²) in [5, 5.41) is 0.